The summed E-state index contributed by atoms with van der Waals surface area (Å²) in [6.07, 6.45) is 0.544. The third-order valence-corrected chi connectivity index (χ3v) is 5.37. The molecule has 18 heavy (non-hydrogen) atoms. The van der Waals surface area contributed by atoms with Gasteiger partial charge in [0.2, 0.25) is 10.0 Å². The Morgan fingerprint density at radius 3 is 2.67 bits per heavy atom. The predicted molar refractivity (Wildman–Crippen MR) is 77.9 cm³/mol. The highest BCUT2D eigenvalue weighted by Gasteiger charge is 2.17. The van der Waals surface area contributed by atoms with Crippen LogP contribution in [0.1, 0.15) is 19.8 Å². The van der Waals surface area contributed by atoms with Crippen molar-refractivity contribution in [3.8, 4) is 0 Å². The highest BCUT2D eigenvalue weighted by Crippen LogP contribution is 2.25. The Kier molecular flexibility index (Phi) is 6.26. The van der Waals surface area contributed by atoms with E-state index < -0.39 is 16.1 Å². The summed E-state index contributed by atoms with van der Waals surface area (Å²) in [6, 6.07) is 4.95. The Bertz CT molecular complexity index is 505. The van der Waals surface area contributed by atoms with E-state index in [9.17, 15) is 13.5 Å². The number of hydrogen-bond donors (Lipinski definition) is 2. The van der Waals surface area contributed by atoms with Crippen molar-refractivity contribution in [2.45, 2.75) is 30.8 Å². The zero-order valence-electron chi connectivity index (χ0n) is 9.86. The number of aliphatic hydroxyl groups is 1. The van der Waals surface area contributed by atoms with Crippen molar-refractivity contribution in [1.82, 2.24) is 4.72 Å². The molecular formula is C11H15Br2NO3S. The van der Waals surface area contributed by atoms with Gasteiger partial charge >= 0.3 is 0 Å². The van der Waals surface area contributed by atoms with Gasteiger partial charge < -0.3 is 5.11 Å². The van der Waals surface area contributed by atoms with Gasteiger partial charge in [-0.05, 0) is 47.0 Å². The minimum absolute atomic E-state index is 0.183. The number of benzene rings is 1. The number of sulfonamides is 1. The summed E-state index contributed by atoms with van der Waals surface area (Å²) in [4.78, 5) is 0.183. The number of rotatable bonds is 6. The van der Waals surface area contributed by atoms with Crippen LogP contribution in [0.15, 0.2) is 32.0 Å². The summed E-state index contributed by atoms with van der Waals surface area (Å²) in [5.41, 5.74) is 0. The zero-order chi connectivity index (χ0) is 13.8. The molecule has 1 rings (SSSR count). The summed E-state index contributed by atoms with van der Waals surface area (Å²) >= 11 is 6.45. The monoisotopic (exact) mass is 399 g/mol. The molecule has 0 aliphatic carbocycles. The van der Waals surface area contributed by atoms with Gasteiger partial charge in [-0.1, -0.05) is 22.9 Å². The lowest BCUT2D eigenvalue weighted by Crippen LogP contribution is -2.27. The number of nitrogens with one attached hydrogen (secondary N) is 1. The van der Waals surface area contributed by atoms with Crippen LogP contribution in [0, 0.1) is 0 Å². The van der Waals surface area contributed by atoms with E-state index in [4.69, 9.17) is 0 Å². The molecule has 102 valence electrons. The van der Waals surface area contributed by atoms with E-state index in [2.05, 4.69) is 36.6 Å². The van der Waals surface area contributed by atoms with Gasteiger partial charge in [0.25, 0.3) is 0 Å². The summed E-state index contributed by atoms with van der Waals surface area (Å²) in [7, 11) is -3.56. The first kappa shape index (κ1) is 16.1. The van der Waals surface area contributed by atoms with Gasteiger partial charge in [0.05, 0.1) is 11.0 Å². The SMILES string of the molecule is CCC(O)CCNS(=O)(=O)c1cc(Br)ccc1Br. The second kappa shape index (κ2) is 7.00. The molecule has 1 unspecified atom stereocenters. The molecule has 0 saturated heterocycles. The average Bonchev–Trinajstić information content (AvgIpc) is 2.31. The van der Waals surface area contributed by atoms with Crippen LogP contribution in [-0.4, -0.2) is 26.2 Å². The number of hydrogen-bond acceptors (Lipinski definition) is 3. The van der Waals surface area contributed by atoms with Crippen LogP contribution in [0.3, 0.4) is 0 Å². The fourth-order valence-corrected chi connectivity index (χ4v) is 3.87. The van der Waals surface area contributed by atoms with Crippen molar-refractivity contribution in [3.63, 3.8) is 0 Å². The average molecular weight is 401 g/mol. The van der Waals surface area contributed by atoms with Crippen LogP contribution in [0.2, 0.25) is 0 Å². The lowest BCUT2D eigenvalue weighted by atomic mass is 10.2. The summed E-state index contributed by atoms with van der Waals surface area (Å²) in [5.74, 6) is 0. The Morgan fingerprint density at radius 2 is 2.06 bits per heavy atom. The molecule has 0 fully saturated rings. The maximum absolute atomic E-state index is 12.0. The molecule has 0 bridgehead atoms. The third-order valence-electron chi connectivity index (χ3n) is 2.42. The van der Waals surface area contributed by atoms with Crippen molar-refractivity contribution in [2.75, 3.05) is 6.54 Å². The maximum Gasteiger partial charge on any atom is 0.241 e. The molecule has 1 aromatic carbocycles. The van der Waals surface area contributed by atoms with Gasteiger partial charge in [0.15, 0.2) is 0 Å². The van der Waals surface area contributed by atoms with Crippen molar-refractivity contribution < 1.29 is 13.5 Å². The Morgan fingerprint density at radius 1 is 1.39 bits per heavy atom. The molecule has 2 N–H and O–H groups in total. The molecule has 0 saturated carbocycles. The van der Waals surface area contributed by atoms with E-state index in [1.165, 1.54) is 6.07 Å². The molecule has 4 nitrogen and oxygen atoms in total. The third kappa shape index (κ3) is 4.62. The first-order valence-corrected chi connectivity index (χ1v) is 8.56. The van der Waals surface area contributed by atoms with Crippen LogP contribution < -0.4 is 4.72 Å². The Labute approximate surface area is 124 Å². The van der Waals surface area contributed by atoms with Gasteiger partial charge in [0.1, 0.15) is 0 Å². The first-order chi connectivity index (χ1) is 8.36. The van der Waals surface area contributed by atoms with Crippen LogP contribution in [0.25, 0.3) is 0 Å². The standard InChI is InChI=1S/C11H15Br2NO3S/c1-2-9(15)5-6-14-18(16,17)11-7-8(12)3-4-10(11)13/h3-4,7,9,14-15H,2,5-6H2,1H3. The van der Waals surface area contributed by atoms with Crippen LogP contribution in [0.4, 0.5) is 0 Å². The minimum atomic E-state index is -3.56. The van der Waals surface area contributed by atoms with E-state index in [1.54, 1.807) is 12.1 Å². The van der Waals surface area contributed by atoms with Gasteiger partial charge in [-0.25, -0.2) is 13.1 Å². The Balaban J connectivity index is 2.77. The fraction of sp³-hybridized carbons (Fsp3) is 0.455. The van der Waals surface area contributed by atoms with Gasteiger partial charge in [-0.15, -0.1) is 0 Å². The largest absolute Gasteiger partial charge is 0.393 e. The van der Waals surface area contributed by atoms with Crippen molar-refractivity contribution >= 4 is 41.9 Å². The summed E-state index contributed by atoms with van der Waals surface area (Å²) in [6.45, 7) is 2.07. The van der Waals surface area contributed by atoms with Crippen molar-refractivity contribution in [2.24, 2.45) is 0 Å². The zero-order valence-corrected chi connectivity index (χ0v) is 13.8. The molecule has 0 spiro atoms. The molecule has 0 heterocycles. The van der Waals surface area contributed by atoms with Crippen LogP contribution in [-0.2, 0) is 10.0 Å². The second-order valence-electron chi connectivity index (χ2n) is 3.82. The van der Waals surface area contributed by atoms with E-state index in [-0.39, 0.29) is 11.4 Å². The highest BCUT2D eigenvalue weighted by molar-refractivity contribution is 9.11. The van der Waals surface area contributed by atoms with Gasteiger partial charge in [-0.2, -0.15) is 0 Å². The maximum atomic E-state index is 12.0. The Hall–Kier alpha value is 0.0500. The predicted octanol–water partition coefficient (Wildman–Crippen LogP) is 2.65. The first-order valence-electron chi connectivity index (χ1n) is 5.49. The molecule has 1 atom stereocenters. The normalized spacial score (nSPS) is 13.6. The second-order valence-corrected chi connectivity index (χ2v) is 7.33. The lowest BCUT2D eigenvalue weighted by molar-refractivity contribution is 0.162. The van der Waals surface area contributed by atoms with E-state index in [0.29, 0.717) is 21.8 Å². The smallest absolute Gasteiger partial charge is 0.241 e. The molecule has 7 heteroatoms. The topological polar surface area (TPSA) is 66.4 Å². The number of halogens is 2. The molecule has 1 aromatic rings. The fourth-order valence-electron chi connectivity index (χ4n) is 1.32. The molecular weight excluding hydrogens is 386 g/mol. The molecule has 0 aromatic heterocycles. The number of aliphatic hydroxyl groups excluding tert-OH is 1. The van der Waals surface area contributed by atoms with Crippen molar-refractivity contribution in [1.29, 1.82) is 0 Å². The molecule has 0 amide bonds. The van der Waals surface area contributed by atoms with Crippen LogP contribution in [0.5, 0.6) is 0 Å². The van der Waals surface area contributed by atoms with Gasteiger partial charge in [-0.3, -0.25) is 0 Å². The van der Waals surface area contributed by atoms with E-state index in [1.807, 2.05) is 6.92 Å². The summed E-state index contributed by atoms with van der Waals surface area (Å²) < 4.78 is 27.7. The van der Waals surface area contributed by atoms with Crippen LogP contribution >= 0.6 is 31.9 Å². The lowest BCUT2D eigenvalue weighted by Gasteiger charge is -2.11. The van der Waals surface area contributed by atoms with E-state index >= 15 is 0 Å². The minimum Gasteiger partial charge on any atom is -0.393 e. The summed E-state index contributed by atoms with van der Waals surface area (Å²) in [5, 5.41) is 9.37. The molecule has 0 aliphatic heterocycles. The highest BCUT2D eigenvalue weighted by atomic mass is 79.9. The van der Waals surface area contributed by atoms with Gasteiger partial charge in [0, 0.05) is 15.5 Å². The quantitative estimate of drug-likeness (QED) is 0.771. The molecule has 0 radical (unpaired) electrons. The van der Waals surface area contributed by atoms with Crippen molar-refractivity contribution in [3.05, 3.63) is 27.1 Å². The van der Waals surface area contributed by atoms with E-state index in [0.717, 1.165) is 0 Å². The molecule has 0 aliphatic rings.